The predicted octanol–water partition coefficient (Wildman–Crippen LogP) is 4.16. The van der Waals surface area contributed by atoms with Crippen molar-refractivity contribution in [3.05, 3.63) is 29.8 Å². The summed E-state index contributed by atoms with van der Waals surface area (Å²) in [6.07, 6.45) is 3.77. The van der Waals surface area contributed by atoms with Gasteiger partial charge in [0.05, 0.1) is 5.52 Å². The summed E-state index contributed by atoms with van der Waals surface area (Å²) in [5, 5.41) is 0. The van der Waals surface area contributed by atoms with Gasteiger partial charge in [-0.05, 0) is 25.0 Å². The van der Waals surface area contributed by atoms with Gasteiger partial charge >= 0.3 is 0 Å². The summed E-state index contributed by atoms with van der Waals surface area (Å²) in [5.74, 6) is 1.05. The molecule has 21 heavy (non-hydrogen) atoms. The lowest BCUT2D eigenvalue weighted by Gasteiger charge is -2.09. The number of nitrogens with zero attached hydrogens (tertiary/aromatic N) is 2. The molecule has 1 aromatic carbocycles. The quantitative estimate of drug-likeness (QED) is 0.513. The zero-order chi connectivity index (χ0) is 15.1. The molecule has 0 spiro atoms. The maximum Gasteiger partial charge on any atom is 0.151 e. The average molecular weight is 313 g/mol. The Morgan fingerprint density at radius 3 is 2.86 bits per heavy atom. The van der Waals surface area contributed by atoms with Crippen LogP contribution in [0.15, 0.2) is 18.2 Å². The highest BCUT2D eigenvalue weighted by atomic mass is 35.5. The van der Waals surface area contributed by atoms with Crippen LogP contribution in [0, 0.1) is 5.82 Å². The van der Waals surface area contributed by atoms with Gasteiger partial charge in [-0.3, -0.25) is 0 Å². The standard InChI is InChI=1S/C16H22ClFN2O/c1-2-3-11-21-12-5-10-20-14-7-4-6-13(18)16(14)19-15(20)8-9-17/h4,6-7H,2-3,5,8-12H2,1H3. The molecule has 0 aliphatic rings. The summed E-state index contributed by atoms with van der Waals surface area (Å²) in [6.45, 7) is 4.45. The van der Waals surface area contributed by atoms with Gasteiger partial charge in [0.15, 0.2) is 5.82 Å². The minimum atomic E-state index is -0.277. The summed E-state index contributed by atoms with van der Waals surface area (Å²) in [5.41, 5.74) is 1.27. The van der Waals surface area contributed by atoms with E-state index in [0.717, 1.165) is 50.4 Å². The predicted molar refractivity (Wildman–Crippen MR) is 84.5 cm³/mol. The van der Waals surface area contributed by atoms with Crippen LogP contribution in [0.4, 0.5) is 4.39 Å². The third-order valence-electron chi connectivity index (χ3n) is 3.44. The van der Waals surface area contributed by atoms with E-state index < -0.39 is 0 Å². The average Bonchev–Trinajstić information content (AvgIpc) is 2.83. The van der Waals surface area contributed by atoms with Gasteiger partial charge in [0.25, 0.3) is 0 Å². The number of fused-ring (bicyclic) bond motifs is 1. The van der Waals surface area contributed by atoms with Crippen molar-refractivity contribution in [2.75, 3.05) is 19.1 Å². The number of halogens is 2. The highest BCUT2D eigenvalue weighted by molar-refractivity contribution is 6.17. The Morgan fingerprint density at radius 2 is 2.10 bits per heavy atom. The van der Waals surface area contributed by atoms with Crippen molar-refractivity contribution >= 4 is 22.6 Å². The Balaban J connectivity index is 2.06. The van der Waals surface area contributed by atoms with E-state index in [-0.39, 0.29) is 5.82 Å². The second-order valence-corrected chi connectivity index (χ2v) is 5.42. The first-order chi connectivity index (χ1) is 10.3. The fraction of sp³-hybridized carbons (Fsp3) is 0.562. The Morgan fingerprint density at radius 1 is 1.29 bits per heavy atom. The van der Waals surface area contributed by atoms with E-state index in [1.54, 1.807) is 6.07 Å². The smallest absolute Gasteiger partial charge is 0.151 e. The van der Waals surface area contributed by atoms with Crippen molar-refractivity contribution in [1.82, 2.24) is 9.55 Å². The molecule has 5 heteroatoms. The molecule has 0 saturated heterocycles. The molecular formula is C16H22ClFN2O. The van der Waals surface area contributed by atoms with E-state index in [1.165, 1.54) is 6.07 Å². The largest absolute Gasteiger partial charge is 0.381 e. The Bertz CT molecular complexity index is 571. The monoisotopic (exact) mass is 312 g/mol. The number of ether oxygens (including phenoxy) is 1. The van der Waals surface area contributed by atoms with Crippen LogP contribution in [0.5, 0.6) is 0 Å². The van der Waals surface area contributed by atoms with Crippen LogP contribution in [0.1, 0.15) is 32.0 Å². The van der Waals surface area contributed by atoms with Gasteiger partial charge in [-0.1, -0.05) is 19.4 Å². The summed E-state index contributed by atoms with van der Waals surface area (Å²) in [6, 6.07) is 5.07. The van der Waals surface area contributed by atoms with E-state index in [1.807, 2.05) is 6.07 Å². The van der Waals surface area contributed by atoms with Crippen LogP contribution in [0.3, 0.4) is 0 Å². The number of imidazole rings is 1. The normalized spacial score (nSPS) is 11.4. The molecule has 0 aliphatic carbocycles. The lowest BCUT2D eigenvalue weighted by molar-refractivity contribution is 0.126. The van der Waals surface area contributed by atoms with Crippen LogP contribution in [0.2, 0.25) is 0 Å². The van der Waals surface area contributed by atoms with E-state index in [0.29, 0.717) is 17.8 Å². The molecule has 0 radical (unpaired) electrons. The third-order valence-corrected chi connectivity index (χ3v) is 3.63. The molecule has 3 nitrogen and oxygen atoms in total. The number of para-hydroxylation sites is 1. The van der Waals surface area contributed by atoms with Gasteiger partial charge in [-0.25, -0.2) is 9.37 Å². The zero-order valence-corrected chi connectivity index (χ0v) is 13.2. The molecule has 0 fully saturated rings. The molecule has 116 valence electrons. The number of unbranched alkanes of at least 4 members (excludes halogenated alkanes) is 1. The van der Waals surface area contributed by atoms with Gasteiger partial charge in [0, 0.05) is 32.1 Å². The Kier molecular flexibility index (Phi) is 6.46. The Labute approximate surface area is 130 Å². The first-order valence-electron chi connectivity index (χ1n) is 7.55. The van der Waals surface area contributed by atoms with Crippen LogP contribution in [-0.2, 0) is 17.7 Å². The molecule has 0 unspecified atom stereocenters. The fourth-order valence-corrected chi connectivity index (χ4v) is 2.53. The lowest BCUT2D eigenvalue weighted by Crippen LogP contribution is -2.07. The minimum absolute atomic E-state index is 0.277. The van der Waals surface area contributed by atoms with Gasteiger partial charge in [0.2, 0.25) is 0 Å². The topological polar surface area (TPSA) is 27.1 Å². The number of alkyl halides is 1. The number of benzene rings is 1. The number of hydrogen-bond acceptors (Lipinski definition) is 2. The number of aryl methyl sites for hydroxylation is 2. The molecule has 0 aliphatic heterocycles. The van der Waals surface area contributed by atoms with E-state index >= 15 is 0 Å². The molecule has 1 aromatic heterocycles. The number of aromatic nitrogens is 2. The van der Waals surface area contributed by atoms with Crippen LogP contribution in [-0.4, -0.2) is 28.6 Å². The molecular weight excluding hydrogens is 291 g/mol. The van der Waals surface area contributed by atoms with Crippen molar-refractivity contribution in [3.63, 3.8) is 0 Å². The molecule has 0 atom stereocenters. The molecule has 0 saturated carbocycles. The first-order valence-corrected chi connectivity index (χ1v) is 8.08. The van der Waals surface area contributed by atoms with Crippen molar-refractivity contribution in [1.29, 1.82) is 0 Å². The van der Waals surface area contributed by atoms with Gasteiger partial charge in [-0.15, -0.1) is 11.6 Å². The first kappa shape index (κ1) is 16.2. The SMILES string of the molecule is CCCCOCCCn1c(CCCl)nc2c(F)cccc21. The molecule has 0 amide bonds. The summed E-state index contributed by atoms with van der Waals surface area (Å²) < 4.78 is 21.4. The van der Waals surface area contributed by atoms with Crippen molar-refractivity contribution in [3.8, 4) is 0 Å². The number of hydrogen-bond donors (Lipinski definition) is 0. The van der Waals surface area contributed by atoms with Crippen molar-refractivity contribution in [2.45, 2.75) is 39.2 Å². The van der Waals surface area contributed by atoms with Crippen molar-refractivity contribution < 1.29 is 9.13 Å². The van der Waals surface area contributed by atoms with Crippen LogP contribution >= 0.6 is 11.6 Å². The van der Waals surface area contributed by atoms with Gasteiger partial charge < -0.3 is 9.30 Å². The third kappa shape index (κ3) is 4.17. The second kappa shape index (κ2) is 8.35. The fourth-order valence-electron chi connectivity index (χ4n) is 2.36. The molecule has 2 rings (SSSR count). The minimum Gasteiger partial charge on any atom is -0.381 e. The zero-order valence-electron chi connectivity index (χ0n) is 12.4. The second-order valence-electron chi connectivity index (χ2n) is 5.05. The summed E-state index contributed by atoms with van der Waals surface area (Å²) >= 11 is 5.82. The molecule has 2 aromatic rings. The summed E-state index contributed by atoms with van der Waals surface area (Å²) in [7, 11) is 0. The number of rotatable bonds is 9. The highest BCUT2D eigenvalue weighted by Gasteiger charge is 2.12. The van der Waals surface area contributed by atoms with Crippen LogP contribution < -0.4 is 0 Å². The molecule has 0 bridgehead atoms. The van der Waals surface area contributed by atoms with Crippen molar-refractivity contribution in [2.24, 2.45) is 0 Å². The van der Waals surface area contributed by atoms with E-state index in [2.05, 4.69) is 16.5 Å². The molecule has 0 N–H and O–H groups in total. The Hall–Kier alpha value is -1.13. The lowest BCUT2D eigenvalue weighted by atomic mass is 10.3. The maximum absolute atomic E-state index is 13.8. The van der Waals surface area contributed by atoms with Gasteiger partial charge in [-0.2, -0.15) is 0 Å². The molecule has 1 heterocycles. The van der Waals surface area contributed by atoms with Crippen LogP contribution in [0.25, 0.3) is 11.0 Å². The highest BCUT2D eigenvalue weighted by Crippen LogP contribution is 2.20. The van der Waals surface area contributed by atoms with E-state index in [4.69, 9.17) is 16.3 Å². The van der Waals surface area contributed by atoms with Gasteiger partial charge in [0.1, 0.15) is 11.3 Å². The maximum atomic E-state index is 13.8. The van der Waals surface area contributed by atoms with E-state index in [9.17, 15) is 4.39 Å². The summed E-state index contributed by atoms with van der Waals surface area (Å²) in [4.78, 5) is 4.39.